The average molecular weight is 284 g/mol. The molecule has 2 amide bonds. The van der Waals surface area contributed by atoms with Crippen molar-refractivity contribution in [3.63, 3.8) is 0 Å². The van der Waals surface area contributed by atoms with Crippen molar-refractivity contribution in [3.8, 4) is 0 Å². The SMILES string of the molecule is CC1C(=O)N2CCCC2C(=O)N1C1CCS(=O)CC1. The molecule has 0 aliphatic carbocycles. The fraction of sp³-hybridized carbons (Fsp3) is 0.846. The summed E-state index contributed by atoms with van der Waals surface area (Å²) in [5, 5.41) is 0. The van der Waals surface area contributed by atoms with Crippen molar-refractivity contribution in [2.45, 2.75) is 50.7 Å². The molecule has 0 bridgehead atoms. The molecule has 3 heterocycles. The van der Waals surface area contributed by atoms with E-state index in [1.54, 1.807) is 9.80 Å². The van der Waals surface area contributed by atoms with E-state index in [9.17, 15) is 13.8 Å². The van der Waals surface area contributed by atoms with Crippen molar-refractivity contribution in [2.75, 3.05) is 18.1 Å². The fourth-order valence-corrected chi connectivity index (χ4v) is 4.84. The third kappa shape index (κ3) is 2.10. The minimum absolute atomic E-state index is 0.0915. The number of carbonyl (C=O) groups excluding carboxylic acids is 2. The van der Waals surface area contributed by atoms with E-state index in [-0.39, 0.29) is 29.9 Å². The first-order valence-electron chi connectivity index (χ1n) is 7.07. The highest BCUT2D eigenvalue weighted by molar-refractivity contribution is 7.85. The summed E-state index contributed by atoms with van der Waals surface area (Å²) >= 11 is 0. The highest BCUT2D eigenvalue weighted by Gasteiger charge is 2.48. The molecule has 3 rings (SSSR count). The lowest BCUT2D eigenvalue weighted by Gasteiger charge is -2.45. The minimum Gasteiger partial charge on any atom is -0.329 e. The number of hydrogen-bond acceptors (Lipinski definition) is 3. The predicted octanol–water partition coefficient (Wildman–Crippen LogP) is 0.119. The molecule has 3 saturated heterocycles. The van der Waals surface area contributed by atoms with Crippen LogP contribution < -0.4 is 0 Å². The topological polar surface area (TPSA) is 57.7 Å². The van der Waals surface area contributed by atoms with Gasteiger partial charge in [0.15, 0.2) is 0 Å². The van der Waals surface area contributed by atoms with Gasteiger partial charge in [-0.05, 0) is 32.6 Å². The normalized spacial score (nSPS) is 39.6. The van der Waals surface area contributed by atoms with Crippen molar-refractivity contribution >= 4 is 22.6 Å². The molecule has 3 fully saturated rings. The lowest BCUT2D eigenvalue weighted by atomic mass is 10.0. The van der Waals surface area contributed by atoms with Gasteiger partial charge in [0.25, 0.3) is 0 Å². The largest absolute Gasteiger partial charge is 0.329 e. The number of fused-ring (bicyclic) bond motifs is 1. The van der Waals surface area contributed by atoms with Crippen LogP contribution in [0.5, 0.6) is 0 Å². The van der Waals surface area contributed by atoms with Gasteiger partial charge < -0.3 is 9.80 Å². The number of carbonyl (C=O) groups is 2. The molecule has 106 valence electrons. The lowest BCUT2D eigenvalue weighted by molar-refractivity contribution is -0.161. The second-order valence-corrected chi connectivity index (χ2v) is 7.39. The smallest absolute Gasteiger partial charge is 0.246 e. The molecule has 6 heteroatoms. The molecular formula is C13H20N2O3S. The number of amides is 2. The Bertz CT molecular complexity index is 430. The summed E-state index contributed by atoms with van der Waals surface area (Å²) < 4.78 is 11.4. The molecule has 0 radical (unpaired) electrons. The molecule has 0 aromatic rings. The van der Waals surface area contributed by atoms with Crippen LogP contribution in [0, 0.1) is 0 Å². The molecule has 0 aromatic carbocycles. The molecule has 0 aromatic heterocycles. The summed E-state index contributed by atoms with van der Waals surface area (Å²) in [4.78, 5) is 28.5. The zero-order chi connectivity index (χ0) is 13.6. The van der Waals surface area contributed by atoms with E-state index in [1.807, 2.05) is 6.92 Å². The van der Waals surface area contributed by atoms with E-state index in [0.717, 1.165) is 32.2 Å². The van der Waals surface area contributed by atoms with Gasteiger partial charge in [0, 0.05) is 34.9 Å². The van der Waals surface area contributed by atoms with Crippen molar-refractivity contribution in [3.05, 3.63) is 0 Å². The van der Waals surface area contributed by atoms with E-state index in [0.29, 0.717) is 11.5 Å². The van der Waals surface area contributed by atoms with E-state index in [1.165, 1.54) is 0 Å². The van der Waals surface area contributed by atoms with Crippen molar-refractivity contribution in [2.24, 2.45) is 0 Å². The van der Waals surface area contributed by atoms with Gasteiger partial charge in [0.1, 0.15) is 12.1 Å². The fourth-order valence-electron chi connectivity index (χ4n) is 3.56. The second kappa shape index (κ2) is 4.89. The molecule has 0 spiro atoms. The molecule has 0 saturated carbocycles. The molecular weight excluding hydrogens is 264 g/mol. The Morgan fingerprint density at radius 1 is 1.11 bits per heavy atom. The number of rotatable bonds is 1. The Kier molecular flexibility index (Phi) is 3.37. The Hall–Kier alpha value is -0.910. The highest BCUT2D eigenvalue weighted by atomic mass is 32.2. The molecule has 3 aliphatic heterocycles. The molecule has 5 nitrogen and oxygen atoms in total. The van der Waals surface area contributed by atoms with Crippen molar-refractivity contribution in [1.29, 1.82) is 0 Å². The maximum atomic E-state index is 12.6. The van der Waals surface area contributed by atoms with Gasteiger partial charge in [-0.15, -0.1) is 0 Å². The first-order valence-corrected chi connectivity index (χ1v) is 8.56. The van der Waals surface area contributed by atoms with E-state index >= 15 is 0 Å². The van der Waals surface area contributed by atoms with Gasteiger partial charge >= 0.3 is 0 Å². The number of nitrogens with zero attached hydrogens (tertiary/aromatic N) is 2. The van der Waals surface area contributed by atoms with Crippen LogP contribution in [0.25, 0.3) is 0 Å². The van der Waals surface area contributed by atoms with Crippen LogP contribution >= 0.6 is 0 Å². The lowest BCUT2D eigenvalue weighted by Crippen LogP contribution is -2.64. The Morgan fingerprint density at radius 3 is 2.47 bits per heavy atom. The van der Waals surface area contributed by atoms with Crippen LogP contribution in [0.15, 0.2) is 0 Å². The highest BCUT2D eigenvalue weighted by Crippen LogP contribution is 2.30. The Balaban J connectivity index is 1.81. The summed E-state index contributed by atoms with van der Waals surface area (Å²) in [6.45, 7) is 2.56. The predicted molar refractivity (Wildman–Crippen MR) is 71.9 cm³/mol. The van der Waals surface area contributed by atoms with Gasteiger partial charge in [-0.3, -0.25) is 13.8 Å². The van der Waals surface area contributed by atoms with Crippen LogP contribution in [0.2, 0.25) is 0 Å². The molecule has 0 N–H and O–H groups in total. The number of piperazine rings is 1. The van der Waals surface area contributed by atoms with E-state index in [2.05, 4.69) is 0 Å². The van der Waals surface area contributed by atoms with Crippen molar-refractivity contribution in [1.82, 2.24) is 9.80 Å². The summed E-state index contributed by atoms with van der Waals surface area (Å²) in [6, 6.07) is -0.471. The molecule has 19 heavy (non-hydrogen) atoms. The van der Waals surface area contributed by atoms with Gasteiger partial charge in [0.2, 0.25) is 11.8 Å². The monoisotopic (exact) mass is 284 g/mol. The van der Waals surface area contributed by atoms with Gasteiger partial charge in [-0.2, -0.15) is 0 Å². The Morgan fingerprint density at radius 2 is 1.79 bits per heavy atom. The van der Waals surface area contributed by atoms with Crippen molar-refractivity contribution < 1.29 is 13.8 Å². The Labute approximate surface area is 115 Å². The molecule has 3 aliphatic rings. The summed E-state index contributed by atoms with van der Waals surface area (Å²) in [6.07, 6.45) is 3.26. The maximum Gasteiger partial charge on any atom is 0.246 e. The molecule has 2 atom stereocenters. The third-order valence-corrected chi connectivity index (χ3v) is 5.98. The van der Waals surface area contributed by atoms with E-state index < -0.39 is 10.8 Å². The second-order valence-electron chi connectivity index (χ2n) is 5.69. The summed E-state index contributed by atoms with van der Waals surface area (Å²) in [5.74, 6) is 1.52. The average Bonchev–Trinajstić information content (AvgIpc) is 2.88. The van der Waals surface area contributed by atoms with Gasteiger partial charge in [-0.25, -0.2) is 0 Å². The maximum absolute atomic E-state index is 12.6. The number of hydrogen-bond donors (Lipinski definition) is 0. The van der Waals surface area contributed by atoms with Gasteiger partial charge in [0.05, 0.1) is 0 Å². The van der Waals surface area contributed by atoms with Crippen LogP contribution in [0.4, 0.5) is 0 Å². The van der Waals surface area contributed by atoms with Crippen LogP contribution in [0.1, 0.15) is 32.6 Å². The van der Waals surface area contributed by atoms with Crippen LogP contribution in [-0.2, 0) is 20.4 Å². The van der Waals surface area contributed by atoms with E-state index in [4.69, 9.17) is 0 Å². The first-order chi connectivity index (χ1) is 9.09. The molecule has 2 unspecified atom stereocenters. The quantitative estimate of drug-likeness (QED) is 0.687. The van der Waals surface area contributed by atoms with Gasteiger partial charge in [-0.1, -0.05) is 0 Å². The van der Waals surface area contributed by atoms with Crippen LogP contribution in [0.3, 0.4) is 0 Å². The third-order valence-electron chi connectivity index (χ3n) is 4.60. The summed E-state index contributed by atoms with van der Waals surface area (Å²) in [5.41, 5.74) is 0. The summed E-state index contributed by atoms with van der Waals surface area (Å²) in [7, 11) is -0.735. The minimum atomic E-state index is -0.735. The first kappa shape index (κ1) is 13.1. The zero-order valence-electron chi connectivity index (χ0n) is 11.2. The zero-order valence-corrected chi connectivity index (χ0v) is 12.0. The standard InChI is InChI=1S/C13H20N2O3S/c1-9-12(16)14-6-2-3-11(14)13(17)15(9)10-4-7-19(18)8-5-10/h9-11H,2-8H2,1H3. The van der Waals surface area contributed by atoms with Crippen LogP contribution in [-0.4, -0.2) is 62.0 Å².